The Morgan fingerprint density at radius 1 is 1.35 bits per heavy atom. The van der Waals surface area contributed by atoms with Crippen molar-refractivity contribution in [2.45, 2.75) is 38.3 Å². The first kappa shape index (κ1) is 17.5. The highest BCUT2D eigenvalue weighted by molar-refractivity contribution is 6.31. The van der Waals surface area contributed by atoms with Crippen LogP contribution in [0.4, 0.5) is 0 Å². The fourth-order valence-corrected chi connectivity index (χ4v) is 4.41. The van der Waals surface area contributed by atoms with Crippen LogP contribution in [-0.4, -0.2) is 21.2 Å². The van der Waals surface area contributed by atoms with Gasteiger partial charge in [0.2, 0.25) is 0 Å². The molecule has 2 unspecified atom stereocenters. The van der Waals surface area contributed by atoms with Crippen molar-refractivity contribution < 1.29 is 5.11 Å². The van der Waals surface area contributed by atoms with Crippen LogP contribution in [0, 0.1) is 6.92 Å². The molecule has 0 saturated carbocycles. The summed E-state index contributed by atoms with van der Waals surface area (Å²) in [4.78, 5) is 4.35. The van der Waals surface area contributed by atoms with Gasteiger partial charge in [-0.25, -0.2) is 0 Å². The van der Waals surface area contributed by atoms with Crippen LogP contribution >= 0.6 is 11.6 Å². The first-order valence-electron chi connectivity index (χ1n) is 9.00. The number of pyridine rings is 1. The van der Waals surface area contributed by atoms with E-state index in [0.717, 1.165) is 29.4 Å². The predicted molar refractivity (Wildman–Crippen MR) is 106 cm³/mol. The third-order valence-electron chi connectivity index (χ3n) is 5.57. The maximum absolute atomic E-state index is 11.2. The number of hydrogen-bond donors (Lipinski definition) is 2. The molecule has 1 aliphatic heterocycles. The summed E-state index contributed by atoms with van der Waals surface area (Å²) in [6, 6.07) is 9.98. The second-order valence-corrected chi connectivity index (χ2v) is 8.01. The molecule has 2 N–H and O–H groups in total. The zero-order valence-electron chi connectivity index (χ0n) is 15.4. The lowest BCUT2D eigenvalue weighted by atomic mass is 9.82. The quantitative estimate of drug-likeness (QED) is 0.733. The third-order valence-corrected chi connectivity index (χ3v) is 5.81. The minimum Gasteiger partial charge on any atom is -0.385 e. The van der Waals surface area contributed by atoms with Crippen molar-refractivity contribution in [1.82, 2.24) is 14.9 Å². The zero-order valence-corrected chi connectivity index (χ0v) is 16.1. The minimum atomic E-state index is -0.935. The molecule has 0 aliphatic carbocycles. The number of fused-ring (bicyclic) bond motifs is 3. The standard InChI is InChI=1S/C21H24ClN3O/c1-13-4-5-15(11-24-13)21(2,26)9-14-10-23-12-18-17-8-16(22)6-7-19(17)25(3)20(14)18/h4-8,11,14,23,26H,9-10,12H2,1-3H3. The smallest absolute Gasteiger partial charge is 0.0890 e. The molecule has 0 radical (unpaired) electrons. The summed E-state index contributed by atoms with van der Waals surface area (Å²) in [7, 11) is 2.11. The fourth-order valence-electron chi connectivity index (χ4n) is 4.24. The zero-order chi connectivity index (χ0) is 18.5. The number of aromatic nitrogens is 2. The van der Waals surface area contributed by atoms with Crippen molar-refractivity contribution in [2.75, 3.05) is 6.54 Å². The molecule has 0 fully saturated rings. The van der Waals surface area contributed by atoms with Crippen LogP contribution in [0.2, 0.25) is 5.02 Å². The Morgan fingerprint density at radius 2 is 2.15 bits per heavy atom. The van der Waals surface area contributed by atoms with Crippen LogP contribution in [0.15, 0.2) is 36.5 Å². The van der Waals surface area contributed by atoms with Gasteiger partial charge in [-0.15, -0.1) is 0 Å². The van der Waals surface area contributed by atoms with E-state index in [1.165, 1.54) is 22.2 Å². The van der Waals surface area contributed by atoms with E-state index in [4.69, 9.17) is 11.6 Å². The highest BCUT2D eigenvalue weighted by atomic mass is 35.5. The molecule has 0 spiro atoms. The van der Waals surface area contributed by atoms with Gasteiger partial charge in [0.1, 0.15) is 0 Å². The number of nitrogens with one attached hydrogen (secondary N) is 1. The molecule has 1 aromatic carbocycles. The van der Waals surface area contributed by atoms with E-state index in [1.807, 2.05) is 38.1 Å². The molecule has 136 valence electrons. The first-order chi connectivity index (χ1) is 12.4. The van der Waals surface area contributed by atoms with Gasteiger partial charge in [-0.2, -0.15) is 0 Å². The molecule has 5 heteroatoms. The van der Waals surface area contributed by atoms with Crippen molar-refractivity contribution >= 4 is 22.5 Å². The topological polar surface area (TPSA) is 50.1 Å². The maximum Gasteiger partial charge on any atom is 0.0890 e. The lowest BCUT2D eigenvalue weighted by Crippen LogP contribution is -2.34. The number of aliphatic hydroxyl groups is 1. The molecule has 4 nitrogen and oxygen atoms in total. The average molecular weight is 370 g/mol. The van der Waals surface area contributed by atoms with Crippen LogP contribution in [-0.2, 0) is 19.2 Å². The lowest BCUT2D eigenvalue weighted by Gasteiger charge is -2.32. The molecule has 0 saturated heterocycles. The molecule has 3 aromatic rings. The lowest BCUT2D eigenvalue weighted by molar-refractivity contribution is 0.0380. The van der Waals surface area contributed by atoms with Crippen LogP contribution in [0.3, 0.4) is 0 Å². The van der Waals surface area contributed by atoms with Crippen molar-refractivity contribution in [3.8, 4) is 0 Å². The molecule has 3 heterocycles. The Balaban J connectivity index is 1.74. The van der Waals surface area contributed by atoms with Gasteiger partial charge < -0.3 is 15.0 Å². The fraction of sp³-hybridized carbons (Fsp3) is 0.381. The molecule has 1 aliphatic rings. The summed E-state index contributed by atoms with van der Waals surface area (Å²) >= 11 is 6.23. The van der Waals surface area contributed by atoms with Crippen molar-refractivity contribution in [2.24, 2.45) is 7.05 Å². The van der Waals surface area contributed by atoms with E-state index in [-0.39, 0.29) is 5.92 Å². The molecule has 2 atom stereocenters. The largest absolute Gasteiger partial charge is 0.385 e. The van der Waals surface area contributed by atoms with Gasteiger partial charge in [-0.05, 0) is 50.1 Å². The molecule has 0 bridgehead atoms. The maximum atomic E-state index is 11.2. The van der Waals surface area contributed by atoms with Gasteiger partial charge in [0, 0.05) is 65.1 Å². The van der Waals surface area contributed by atoms with Gasteiger partial charge in [-0.3, -0.25) is 4.98 Å². The Hall–Kier alpha value is -1.88. The molecular weight excluding hydrogens is 346 g/mol. The van der Waals surface area contributed by atoms with Crippen LogP contribution in [0.5, 0.6) is 0 Å². The van der Waals surface area contributed by atoms with E-state index < -0.39 is 5.60 Å². The Kier molecular flexibility index (Phi) is 4.30. The van der Waals surface area contributed by atoms with E-state index in [0.29, 0.717) is 6.42 Å². The van der Waals surface area contributed by atoms with Crippen LogP contribution in [0.25, 0.3) is 10.9 Å². The second kappa shape index (κ2) is 6.38. The van der Waals surface area contributed by atoms with Crippen LogP contribution in [0.1, 0.15) is 41.8 Å². The number of benzene rings is 1. The predicted octanol–water partition coefficient (Wildman–Crippen LogP) is 4.02. The number of hydrogen-bond acceptors (Lipinski definition) is 3. The highest BCUT2D eigenvalue weighted by Crippen LogP contribution is 2.39. The minimum absolute atomic E-state index is 0.214. The van der Waals surface area contributed by atoms with Gasteiger partial charge in [-0.1, -0.05) is 17.7 Å². The van der Waals surface area contributed by atoms with E-state index in [1.54, 1.807) is 6.20 Å². The monoisotopic (exact) mass is 369 g/mol. The summed E-state index contributed by atoms with van der Waals surface area (Å²) in [5.74, 6) is 0.214. The summed E-state index contributed by atoms with van der Waals surface area (Å²) < 4.78 is 2.26. The van der Waals surface area contributed by atoms with E-state index >= 15 is 0 Å². The normalized spacial score (nSPS) is 19.3. The van der Waals surface area contributed by atoms with Crippen LogP contribution < -0.4 is 5.32 Å². The van der Waals surface area contributed by atoms with Crippen molar-refractivity contribution in [3.63, 3.8) is 0 Å². The highest BCUT2D eigenvalue weighted by Gasteiger charge is 2.33. The summed E-state index contributed by atoms with van der Waals surface area (Å²) in [5, 5.41) is 16.6. The van der Waals surface area contributed by atoms with Crippen molar-refractivity contribution in [1.29, 1.82) is 0 Å². The van der Waals surface area contributed by atoms with Gasteiger partial charge in [0.05, 0.1) is 5.60 Å². The Labute approximate surface area is 158 Å². The van der Waals surface area contributed by atoms with E-state index in [2.05, 4.69) is 28.0 Å². The number of rotatable bonds is 3. The SMILES string of the molecule is Cc1ccc(C(C)(O)CC2CNCc3c2n(C)c2ccc(Cl)cc32)cn1. The summed E-state index contributed by atoms with van der Waals surface area (Å²) in [6.07, 6.45) is 2.42. The van der Waals surface area contributed by atoms with Gasteiger partial charge in [0.25, 0.3) is 0 Å². The molecule has 26 heavy (non-hydrogen) atoms. The van der Waals surface area contributed by atoms with Crippen molar-refractivity contribution in [3.05, 3.63) is 64.1 Å². The van der Waals surface area contributed by atoms with Gasteiger partial charge >= 0.3 is 0 Å². The first-order valence-corrected chi connectivity index (χ1v) is 9.37. The number of aryl methyl sites for hydroxylation is 2. The number of nitrogens with zero attached hydrogens (tertiary/aromatic N) is 2. The van der Waals surface area contributed by atoms with Gasteiger partial charge in [0.15, 0.2) is 0 Å². The third kappa shape index (κ3) is 2.92. The number of halogens is 1. The Bertz CT molecular complexity index is 960. The summed E-state index contributed by atoms with van der Waals surface area (Å²) in [5.41, 5.74) is 4.65. The second-order valence-electron chi connectivity index (χ2n) is 7.58. The molecule has 0 amide bonds. The molecular formula is C21H24ClN3O. The molecule has 2 aromatic heterocycles. The molecule has 4 rings (SSSR count). The summed E-state index contributed by atoms with van der Waals surface area (Å²) in [6.45, 7) is 5.52. The Morgan fingerprint density at radius 3 is 2.88 bits per heavy atom. The van der Waals surface area contributed by atoms with E-state index in [9.17, 15) is 5.11 Å². The average Bonchev–Trinajstić information content (AvgIpc) is 2.88.